The summed E-state index contributed by atoms with van der Waals surface area (Å²) in [7, 11) is -10.1. The van der Waals surface area contributed by atoms with Crippen LogP contribution in [0.3, 0.4) is 0 Å². The highest BCUT2D eigenvalue weighted by Crippen LogP contribution is 2.82. The Morgan fingerprint density at radius 2 is 0.924 bits per heavy atom. The maximum Gasteiger partial charge on any atom is 0.410 e. The van der Waals surface area contributed by atoms with E-state index in [9.17, 15) is 29.0 Å². The van der Waals surface area contributed by atoms with Gasteiger partial charge in [0.2, 0.25) is 0 Å². The molecule has 11 heteroatoms. The van der Waals surface area contributed by atoms with E-state index in [0.717, 1.165) is 7.11 Å². The summed E-state index contributed by atoms with van der Waals surface area (Å²) in [6, 6.07) is 0. The van der Waals surface area contributed by atoms with Crippen LogP contribution in [0.25, 0.3) is 0 Å². The molecule has 6 atom stereocenters. The van der Waals surface area contributed by atoms with E-state index in [4.69, 9.17) is 11.2 Å². The number of rotatable bonds is 6. The van der Waals surface area contributed by atoms with Crippen molar-refractivity contribution in [2.75, 3.05) is 7.11 Å². The molecule has 1 aliphatic rings. The molecule has 3 N–H and O–H groups in total. The monoisotopic (exact) mass is 896 g/mol. The van der Waals surface area contributed by atoms with Crippen LogP contribution in [-0.2, 0) is 28.4 Å². The van der Waals surface area contributed by atoms with Crippen LogP contribution in [0.2, 0.25) is 0 Å². The fourth-order valence-corrected chi connectivity index (χ4v) is 9.48. The van der Waals surface area contributed by atoms with E-state index >= 15 is 0 Å². The van der Waals surface area contributed by atoms with Gasteiger partial charge < -0.3 is 14.5 Å². The highest BCUT2D eigenvalue weighted by atomic mass is 32.1. The van der Waals surface area contributed by atoms with Gasteiger partial charge in [-0.15, -0.1) is 11.1 Å². The average Bonchev–Trinajstić information content (AvgIpc) is 3.30. The summed E-state index contributed by atoms with van der Waals surface area (Å²) < 4.78 is 37.2. The molecular formula is C55H30O9P2. The van der Waals surface area contributed by atoms with Crippen molar-refractivity contribution in [2.45, 2.75) is 58.0 Å². The average molecular weight is 897 g/mol. The van der Waals surface area contributed by atoms with Gasteiger partial charge in [-0.3, -0.25) is 9.36 Å². The van der Waals surface area contributed by atoms with Crippen LogP contribution >= 0.6 is 14.3 Å². The molecule has 0 bridgehead atoms. The Hall–Kier alpha value is -9.07. The molecule has 0 spiro atoms. The molecule has 1 saturated carbocycles. The van der Waals surface area contributed by atoms with E-state index in [2.05, 4.69) is 241 Å². The molecule has 0 radical (unpaired) electrons. The van der Waals surface area contributed by atoms with Gasteiger partial charge in [0.15, 0.2) is 0 Å². The van der Waals surface area contributed by atoms with Crippen molar-refractivity contribution in [1.29, 1.82) is 0 Å². The van der Waals surface area contributed by atoms with Gasteiger partial charge >= 0.3 is 20.3 Å². The second kappa shape index (κ2) is 35.5. The number of ether oxygens (including phenoxy) is 1. The van der Waals surface area contributed by atoms with Crippen molar-refractivity contribution >= 4 is 20.3 Å². The maximum absolute atomic E-state index is 14.5. The summed E-state index contributed by atoms with van der Waals surface area (Å²) in [5.74, 6) is 93.7. The third-order valence-corrected chi connectivity index (χ3v) is 13.5. The minimum absolute atomic E-state index is 0.0831. The molecule has 0 aliphatic heterocycles. The van der Waals surface area contributed by atoms with E-state index in [1.54, 1.807) is 13.8 Å². The van der Waals surface area contributed by atoms with E-state index in [1.807, 2.05) is 0 Å². The molecule has 0 aromatic heterocycles. The molecule has 1 rings (SSSR count). The molecule has 1 aliphatic carbocycles. The van der Waals surface area contributed by atoms with Gasteiger partial charge in [0, 0.05) is 11.8 Å². The van der Waals surface area contributed by atoms with Crippen LogP contribution in [0.15, 0.2) is 0 Å². The Labute approximate surface area is 388 Å². The Morgan fingerprint density at radius 1 is 0.545 bits per heavy atom. The largest absolute Gasteiger partial charge is 0.468 e. The molecule has 0 heterocycles. The lowest BCUT2D eigenvalue weighted by Gasteiger charge is -2.36. The van der Waals surface area contributed by atoms with Gasteiger partial charge in [-0.2, -0.15) is 0 Å². The first kappa shape index (κ1) is 54.9. The minimum atomic E-state index is -5.80. The zero-order chi connectivity index (χ0) is 48.4. The van der Waals surface area contributed by atoms with Crippen molar-refractivity contribution in [3.63, 3.8) is 0 Å². The quantitative estimate of drug-likeness (QED) is 0.119. The van der Waals surface area contributed by atoms with Crippen LogP contribution in [0.4, 0.5) is 0 Å². The summed E-state index contributed by atoms with van der Waals surface area (Å²) in [5, 5.41) is 13.1. The van der Waals surface area contributed by atoms with E-state index in [1.165, 1.54) is 0 Å². The Kier molecular flexibility index (Phi) is 29.6. The molecule has 1 fully saturated rings. The van der Waals surface area contributed by atoms with Crippen molar-refractivity contribution in [1.82, 2.24) is 0 Å². The third-order valence-electron chi connectivity index (χ3n) is 7.76. The Balaban J connectivity index is 3.95. The fraction of sp³-hybridized carbons (Fsp3) is 0.255. The van der Waals surface area contributed by atoms with Gasteiger partial charge in [0.05, 0.1) is 12.8 Å². The minimum Gasteiger partial charge on any atom is -0.468 e. The highest BCUT2D eigenvalue weighted by Gasteiger charge is 2.57. The summed E-state index contributed by atoms with van der Waals surface area (Å²) in [5.41, 5.74) is -1.73. The number of hydrogen-bond acceptors (Lipinski definition) is 7. The molecule has 0 amide bonds. The summed E-state index contributed by atoms with van der Waals surface area (Å²) >= 11 is 0. The topological polar surface area (TPSA) is 140 Å². The van der Waals surface area contributed by atoms with Gasteiger partial charge in [0.1, 0.15) is 5.92 Å². The number of carbonyl (C=O) groups is 1. The smallest absolute Gasteiger partial charge is 0.410 e. The molecule has 0 saturated heterocycles. The van der Waals surface area contributed by atoms with Crippen molar-refractivity contribution in [3.05, 3.63) is 0 Å². The van der Waals surface area contributed by atoms with Crippen molar-refractivity contribution in [3.8, 4) is 237 Å². The number of terminal acetylenes is 1. The maximum atomic E-state index is 14.5. The zero-order valence-corrected chi connectivity index (χ0v) is 37.2. The van der Waals surface area contributed by atoms with Crippen molar-refractivity contribution < 1.29 is 43.4 Å². The number of methoxy groups -OCH3 is 1. The third kappa shape index (κ3) is 24.4. The summed E-state index contributed by atoms with van der Waals surface area (Å²) in [4.78, 5) is 34.6. The standard InChI is InChI=1S/C55H30O9P2/c1-5-8-11-14-17-20-23-25-28-29-32-35-38-42-50-44-41-45-51(43-39-36-33-30-27-24-21-18-15-12-9-6-2)49-54(65(58,64-63-57)66(59,60)61)52(48-47-50)53(55(56)62-4)46-40-37-34-31-26-22-19-16-13-10-7-3/h2,50-54,57H,41,44-45,47-49H2,1,3-4H3,(H2,59,60,61). The SMILES string of the molecule is C#CC#CC#CC#CC#CC#CC#CC1CCCC(C#CC#CC#CC#CC#CC#CC#CC)CCC(C(C#CC#CC#CC#CC#CC#CC)C(=O)OC)C(P(=O)(OOO)P(=O)(O)O)C1. The molecule has 6 unspecified atom stereocenters. The molecular weight excluding hydrogens is 867 g/mol. The van der Waals surface area contributed by atoms with E-state index in [-0.39, 0.29) is 25.7 Å². The number of carbonyl (C=O) groups excluding carboxylic acids is 1. The fourth-order valence-electron chi connectivity index (χ4n) is 5.17. The normalized spacial score (nSPS) is 15.2. The Morgan fingerprint density at radius 3 is 1.32 bits per heavy atom. The molecule has 314 valence electrons. The molecule has 66 heavy (non-hydrogen) atoms. The van der Waals surface area contributed by atoms with Crippen LogP contribution in [0.5, 0.6) is 0 Å². The highest BCUT2D eigenvalue weighted by molar-refractivity contribution is 8.29. The lowest BCUT2D eigenvalue weighted by Crippen LogP contribution is -2.35. The van der Waals surface area contributed by atoms with Crippen LogP contribution < -0.4 is 0 Å². The van der Waals surface area contributed by atoms with Crippen LogP contribution in [0, 0.1) is 261 Å². The first-order valence-corrected chi connectivity index (χ1v) is 22.6. The lowest BCUT2D eigenvalue weighted by molar-refractivity contribution is -0.439. The zero-order valence-electron chi connectivity index (χ0n) is 35.4. The second-order valence-electron chi connectivity index (χ2n) is 11.8. The first-order valence-electron chi connectivity index (χ1n) is 18.6. The predicted molar refractivity (Wildman–Crippen MR) is 250 cm³/mol. The summed E-state index contributed by atoms with van der Waals surface area (Å²) in [6.07, 6.45) is 6.01. The molecule has 0 aromatic rings. The second-order valence-corrected chi connectivity index (χ2v) is 18.0. The van der Waals surface area contributed by atoms with E-state index < -0.39 is 49.6 Å². The van der Waals surface area contributed by atoms with Crippen molar-refractivity contribution in [2.24, 2.45) is 23.7 Å². The summed E-state index contributed by atoms with van der Waals surface area (Å²) in [6.45, 7) is 3.28. The van der Waals surface area contributed by atoms with Gasteiger partial charge in [0.25, 0.3) is 0 Å². The number of hydrogen-bond donors (Lipinski definition) is 3. The lowest BCUT2D eigenvalue weighted by atomic mass is 9.78. The number of esters is 1. The van der Waals surface area contributed by atoms with Gasteiger partial charge in [-0.1, -0.05) is 41.1 Å². The van der Waals surface area contributed by atoms with Crippen LogP contribution in [0.1, 0.15) is 52.4 Å². The van der Waals surface area contributed by atoms with Crippen LogP contribution in [-0.4, -0.2) is 33.8 Å². The molecule has 0 aromatic carbocycles. The first-order chi connectivity index (χ1) is 32.1. The van der Waals surface area contributed by atoms with Gasteiger partial charge in [-0.25, -0.2) is 9.82 Å². The van der Waals surface area contributed by atoms with E-state index in [0.29, 0.717) is 12.8 Å². The van der Waals surface area contributed by atoms with Gasteiger partial charge in [-0.05, 0) is 253 Å². The molecule has 9 nitrogen and oxygen atoms in total. The Bertz CT molecular complexity index is 3300. The predicted octanol–water partition coefficient (Wildman–Crippen LogP) is 3.88.